The Hall–Kier alpha value is -3.21. The molecule has 178 valence electrons. The molecule has 11 heteroatoms. The zero-order valence-corrected chi connectivity index (χ0v) is 19.5. The molecule has 3 rings (SSSR count). The Labute approximate surface area is 193 Å². The van der Waals surface area contributed by atoms with E-state index in [9.17, 15) is 18.0 Å². The Bertz CT molecular complexity index is 1100. The summed E-state index contributed by atoms with van der Waals surface area (Å²) < 4.78 is 26.8. The summed E-state index contributed by atoms with van der Waals surface area (Å²) in [5.41, 5.74) is 0.0169. The fourth-order valence-electron chi connectivity index (χ4n) is 3.84. The molecule has 0 bridgehead atoms. The van der Waals surface area contributed by atoms with E-state index in [-0.39, 0.29) is 28.1 Å². The number of nitrogens with zero attached hydrogens (tertiary/aromatic N) is 4. The normalized spacial score (nSPS) is 15.6. The second-order valence-electron chi connectivity index (χ2n) is 8.42. The third-order valence-electron chi connectivity index (χ3n) is 5.57. The average Bonchev–Trinajstić information content (AvgIpc) is 3.44. The number of carbonyl (C=O) groups excluding carboxylic acids is 1. The monoisotopic (exact) mass is 475 g/mol. The minimum atomic E-state index is -3.64. The van der Waals surface area contributed by atoms with Crippen molar-refractivity contribution in [1.82, 2.24) is 19.4 Å². The van der Waals surface area contributed by atoms with Crippen molar-refractivity contribution in [1.29, 1.82) is 0 Å². The van der Waals surface area contributed by atoms with Gasteiger partial charge in [-0.25, -0.2) is 23.2 Å². The fraction of sp³-hybridized carbons (Fsp3) is 0.455. The molecule has 0 saturated heterocycles. The van der Waals surface area contributed by atoms with Gasteiger partial charge in [0.25, 0.3) is 0 Å². The minimum Gasteiger partial charge on any atom is -0.478 e. The molecule has 33 heavy (non-hydrogen) atoms. The third-order valence-corrected chi connectivity index (χ3v) is 7.05. The van der Waals surface area contributed by atoms with Crippen molar-refractivity contribution < 1.29 is 23.1 Å². The first-order chi connectivity index (χ1) is 15.7. The van der Waals surface area contributed by atoms with Gasteiger partial charge in [-0.3, -0.25) is 4.79 Å². The Morgan fingerprint density at radius 1 is 1.27 bits per heavy atom. The molecular weight excluding hydrogens is 446 g/mol. The Morgan fingerprint density at radius 2 is 2.00 bits per heavy atom. The molecule has 1 unspecified atom stereocenters. The van der Waals surface area contributed by atoms with E-state index in [1.54, 1.807) is 35.8 Å². The van der Waals surface area contributed by atoms with Crippen LogP contribution in [0.25, 0.3) is 0 Å². The number of nitrogens with one attached hydrogen (secondary N) is 1. The quantitative estimate of drug-likeness (QED) is 0.535. The van der Waals surface area contributed by atoms with Gasteiger partial charge in [0.15, 0.2) is 5.03 Å². The minimum absolute atomic E-state index is 0.0169. The summed E-state index contributed by atoms with van der Waals surface area (Å²) in [7, 11) is -0.0390. The smallest absolute Gasteiger partial charge is 0.337 e. The zero-order chi connectivity index (χ0) is 24.0. The SMILES string of the molecule is CN(C)C=CCS(=O)(=O)c1cn(C(CC2CCCC2)C(=O)Nc2ccc(C(=O)O)cn2)cn1. The van der Waals surface area contributed by atoms with E-state index in [1.807, 2.05) is 0 Å². The number of aromatic carboxylic acids is 1. The second-order valence-corrected chi connectivity index (χ2v) is 10.4. The van der Waals surface area contributed by atoms with Crippen LogP contribution in [0.2, 0.25) is 0 Å². The van der Waals surface area contributed by atoms with Gasteiger partial charge in [0.05, 0.1) is 17.6 Å². The lowest BCUT2D eigenvalue weighted by atomic mass is 9.97. The van der Waals surface area contributed by atoms with Crippen LogP contribution >= 0.6 is 0 Å². The molecule has 1 atom stereocenters. The number of sulfone groups is 1. The molecule has 0 aromatic carbocycles. The van der Waals surface area contributed by atoms with Crippen LogP contribution in [0, 0.1) is 5.92 Å². The van der Waals surface area contributed by atoms with Gasteiger partial charge in [-0.1, -0.05) is 31.8 Å². The van der Waals surface area contributed by atoms with Crippen LogP contribution in [0.3, 0.4) is 0 Å². The number of hydrogen-bond donors (Lipinski definition) is 2. The molecule has 1 amide bonds. The molecule has 2 aromatic rings. The number of rotatable bonds is 10. The van der Waals surface area contributed by atoms with Crippen LogP contribution in [0.5, 0.6) is 0 Å². The number of carbonyl (C=O) groups is 2. The predicted octanol–water partition coefficient (Wildman–Crippen LogP) is 2.59. The number of anilines is 1. The van der Waals surface area contributed by atoms with Gasteiger partial charge in [0.1, 0.15) is 11.9 Å². The number of amides is 1. The standard InChI is InChI=1S/C22H29N5O5S/c1-26(2)10-5-11-33(31,32)20-14-27(15-24-20)18(12-16-6-3-4-7-16)21(28)25-19-9-8-17(13-23-19)22(29)30/h5,8-10,13-16,18H,3-4,6-7,11-12H2,1-2H3,(H,29,30)(H,23,25,28). The maximum Gasteiger partial charge on any atom is 0.337 e. The van der Waals surface area contributed by atoms with Crippen molar-refractivity contribution in [2.75, 3.05) is 25.2 Å². The van der Waals surface area contributed by atoms with Crippen molar-refractivity contribution in [3.63, 3.8) is 0 Å². The first-order valence-electron chi connectivity index (χ1n) is 10.8. The largest absolute Gasteiger partial charge is 0.478 e. The molecule has 0 radical (unpaired) electrons. The van der Waals surface area contributed by atoms with Crippen molar-refractivity contribution in [3.05, 3.63) is 48.7 Å². The molecule has 1 saturated carbocycles. The van der Waals surface area contributed by atoms with E-state index < -0.39 is 21.8 Å². The summed E-state index contributed by atoms with van der Waals surface area (Å²) in [5, 5.41) is 11.6. The highest BCUT2D eigenvalue weighted by Crippen LogP contribution is 2.33. The lowest BCUT2D eigenvalue weighted by Gasteiger charge is -2.21. The molecule has 0 spiro atoms. The van der Waals surface area contributed by atoms with E-state index in [4.69, 9.17) is 5.11 Å². The van der Waals surface area contributed by atoms with Gasteiger partial charge < -0.3 is 19.9 Å². The van der Waals surface area contributed by atoms with Crippen LogP contribution in [-0.2, 0) is 14.6 Å². The van der Waals surface area contributed by atoms with Crippen LogP contribution < -0.4 is 5.32 Å². The summed E-state index contributed by atoms with van der Waals surface area (Å²) in [4.78, 5) is 34.0. The van der Waals surface area contributed by atoms with Crippen molar-refractivity contribution in [2.45, 2.75) is 43.2 Å². The molecule has 1 fully saturated rings. The summed E-state index contributed by atoms with van der Waals surface area (Å²) in [6.45, 7) is 0. The molecule has 2 aromatic heterocycles. The van der Waals surface area contributed by atoms with Gasteiger partial charge in [-0.15, -0.1) is 0 Å². The zero-order valence-electron chi connectivity index (χ0n) is 18.7. The number of carboxylic acid groups (broad SMARTS) is 1. The van der Waals surface area contributed by atoms with Crippen molar-refractivity contribution >= 4 is 27.5 Å². The van der Waals surface area contributed by atoms with Gasteiger partial charge >= 0.3 is 5.97 Å². The highest BCUT2D eigenvalue weighted by molar-refractivity contribution is 7.91. The Kier molecular flexibility index (Phi) is 7.85. The maximum atomic E-state index is 13.1. The molecule has 2 N–H and O–H groups in total. The highest BCUT2D eigenvalue weighted by atomic mass is 32.2. The van der Waals surface area contributed by atoms with Crippen LogP contribution in [0.4, 0.5) is 5.82 Å². The number of aromatic nitrogens is 3. The lowest BCUT2D eigenvalue weighted by molar-refractivity contribution is -0.119. The van der Waals surface area contributed by atoms with Crippen molar-refractivity contribution in [3.8, 4) is 0 Å². The van der Waals surface area contributed by atoms with Gasteiger partial charge in [-0.2, -0.15) is 0 Å². The Balaban J connectivity index is 1.80. The van der Waals surface area contributed by atoms with E-state index in [2.05, 4.69) is 15.3 Å². The van der Waals surface area contributed by atoms with E-state index in [1.165, 1.54) is 30.9 Å². The first-order valence-corrected chi connectivity index (χ1v) is 12.4. The topological polar surface area (TPSA) is 134 Å². The summed E-state index contributed by atoms with van der Waals surface area (Å²) in [6, 6.07) is 2.12. The van der Waals surface area contributed by atoms with Gasteiger partial charge in [-0.05, 0) is 30.7 Å². The number of carboxylic acids is 1. The van der Waals surface area contributed by atoms with Gasteiger partial charge in [0.2, 0.25) is 15.7 Å². The fourth-order valence-corrected chi connectivity index (χ4v) is 4.84. The van der Waals surface area contributed by atoms with E-state index >= 15 is 0 Å². The molecular formula is C22H29N5O5S. The van der Waals surface area contributed by atoms with Crippen LogP contribution in [0.15, 0.2) is 48.2 Å². The molecule has 1 aliphatic carbocycles. The Morgan fingerprint density at radius 3 is 2.61 bits per heavy atom. The lowest BCUT2D eigenvalue weighted by Crippen LogP contribution is -2.27. The van der Waals surface area contributed by atoms with Crippen molar-refractivity contribution in [2.24, 2.45) is 5.92 Å². The summed E-state index contributed by atoms with van der Waals surface area (Å²) >= 11 is 0. The molecule has 0 aliphatic heterocycles. The van der Waals surface area contributed by atoms with E-state index in [0.717, 1.165) is 25.7 Å². The third kappa shape index (κ3) is 6.64. The first kappa shape index (κ1) is 24.4. The molecule has 1 aliphatic rings. The number of imidazole rings is 1. The van der Waals surface area contributed by atoms with Gasteiger partial charge in [0, 0.05) is 26.5 Å². The molecule has 10 nitrogen and oxygen atoms in total. The molecule has 2 heterocycles. The second kappa shape index (κ2) is 10.6. The number of pyridine rings is 1. The van der Waals surface area contributed by atoms with Crippen LogP contribution in [-0.4, -0.2) is 64.7 Å². The number of hydrogen-bond acceptors (Lipinski definition) is 7. The maximum absolute atomic E-state index is 13.1. The summed E-state index contributed by atoms with van der Waals surface area (Å²) in [5.74, 6) is -1.07. The van der Waals surface area contributed by atoms with Crippen LogP contribution in [0.1, 0.15) is 48.5 Å². The predicted molar refractivity (Wildman–Crippen MR) is 123 cm³/mol. The summed E-state index contributed by atoms with van der Waals surface area (Å²) in [6.07, 6.45) is 12.0. The highest BCUT2D eigenvalue weighted by Gasteiger charge is 2.28. The average molecular weight is 476 g/mol. The van der Waals surface area contributed by atoms with E-state index in [0.29, 0.717) is 12.3 Å².